The molecule has 170 valence electrons. The van der Waals surface area contributed by atoms with Gasteiger partial charge in [-0.2, -0.15) is 8.99 Å². The first-order valence-electron chi connectivity index (χ1n) is 10.3. The zero-order chi connectivity index (χ0) is 22.9. The van der Waals surface area contributed by atoms with E-state index in [1.165, 1.54) is 7.11 Å². The molecule has 0 aliphatic heterocycles. The van der Waals surface area contributed by atoms with Crippen LogP contribution in [0, 0.1) is 0 Å². The van der Waals surface area contributed by atoms with Crippen molar-refractivity contribution in [2.45, 2.75) is 31.3 Å². The summed E-state index contributed by atoms with van der Waals surface area (Å²) in [5.74, 6) is -0.184. The number of tetrazole rings is 1. The lowest BCUT2D eigenvalue weighted by molar-refractivity contribution is -0.140. The maximum absolute atomic E-state index is 12.5. The van der Waals surface area contributed by atoms with Crippen molar-refractivity contribution in [2.24, 2.45) is 0 Å². The Morgan fingerprint density at radius 2 is 1.97 bits per heavy atom. The summed E-state index contributed by atoms with van der Waals surface area (Å²) in [4.78, 5) is 11.9. The van der Waals surface area contributed by atoms with E-state index in [-0.39, 0.29) is 12.6 Å². The van der Waals surface area contributed by atoms with Crippen LogP contribution in [0.4, 0.5) is 0 Å². The lowest BCUT2D eigenvalue weighted by Crippen LogP contribution is -2.53. The van der Waals surface area contributed by atoms with E-state index >= 15 is 0 Å². The molecule has 11 heteroatoms. The molecule has 0 amide bonds. The Hall–Kier alpha value is -2.89. The summed E-state index contributed by atoms with van der Waals surface area (Å²) in [6.45, 7) is 1.42. The van der Waals surface area contributed by atoms with Crippen molar-refractivity contribution >= 4 is 26.8 Å². The molecule has 0 spiro atoms. The van der Waals surface area contributed by atoms with Gasteiger partial charge in [0.15, 0.2) is 5.82 Å². The second-order valence-corrected chi connectivity index (χ2v) is 10.3. The molecule has 1 aliphatic carbocycles. The molecule has 2 aromatic carbocycles. The number of hydrogen-bond donors (Lipinski definition) is 1. The number of carbonyl (C=O) groups excluding carboxylic acids is 1. The van der Waals surface area contributed by atoms with Gasteiger partial charge in [-0.15, -0.1) is 5.10 Å². The summed E-state index contributed by atoms with van der Waals surface area (Å²) in [7, 11) is -2.47. The average molecular weight is 459 g/mol. The first-order chi connectivity index (χ1) is 15.2. The Labute approximate surface area is 186 Å². The van der Waals surface area contributed by atoms with Crippen molar-refractivity contribution in [3.63, 3.8) is 0 Å². The Morgan fingerprint density at radius 1 is 1.25 bits per heavy atom. The smallest absolute Gasteiger partial charge is 0.321 e. The maximum atomic E-state index is 12.5. The van der Waals surface area contributed by atoms with Gasteiger partial charge in [-0.25, -0.2) is 8.42 Å². The van der Waals surface area contributed by atoms with Gasteiger partial charge in [-0.05, 0) is 53.1 Å². The molecule has 0 radical (unpaired) electrons. The Kier molecular flexibility index (Phi) is 5.97. The molecule has 32 heavy (non-hydrogen) atoms. The minimum absolute atomic E-state index is 0.0363. The Balaban J connectivity index is 1.75. The van der Waals surface area contributed by atoms with Gasteiger partial charge >= 0.3 is 5.97 Å². The maximum Gasteiger partial charge on any atom is 0.321 e. The summed E-state index contributed by atoms with van der Waals surface area (Å²) < 4.78 is 32.3. The fourth-order valence-corrected chi connectivity index (χ4v) is 4.56. The minimum Gasteiger partial charge on any atom is -0.468 e. The van der Waals surface area contributed by atoms with Crippen molar-refractivity contribution in [1.29, 1.82) is 0 Å². The van der Waals surface area contributed by atoms with E-state index in [2.05, 4.69) is 20.8 Å². The SMILES string of the molecule is COC(=O)CN(CC(C)(NC1CC1)c1nnnn1-c1ccc2ccccc2c1)S(C)(=O)=O. The molecule has 1 heterocycles. The molecule has 1 saturated carbocycles. The number of benzene rings is 2. The zero-order valence-electron chi connectivity index (χ0n) is 18.2. The largest absolute Gasteiger partial charge is 0.468 e. The van der Waals surface area contributed by atoms with Crippen molar-refractivity contribution < 1.29 is 17.9 Å². The number of hydrogen-bond acceptors (Lipinski definition) is 8. The number of aromatic nitrogens is 4. The van der Waals surface area contributed by atoms with E-state index in [0.29, 0.717) is 5.82 Å². The van der Waals surface area contributed by atoms with E-state index in [1.54, 1.807) is 4.68 Å². The van der Waals surface area contributed by atoms with Crippen molar-refractivity contribution in [3.8, 4) is 5.69 Å². The predicted molar refractivity (Wildman–Crippen MR) is 119 cm³/mol. The topological polar surface area (TPSA) is 119 Å². The van der Waals surface area contributed by atoms with Crippen molar-refractivity contribution in [1.82, 2.24) is 29.8 Å². The number of methoxy groups -OCH3 is 1. The van der Waals surface area contributed by atoms with Crippen molar-refractivity contribution in [2.75, 3.05) is 26.5 Å². The van der Waals surface area contributed by atoms with Crippen LogP contribution >= 0.6 is 0 Å². The van der Waals surface area contributed by atoms with Crippen LogP contribution in [-0.4, -0.2) is 71.4 Å². The molecule has 1 fully saturated rings. The summed E-state index contributed by atoms with van der Waals surface area (Å²) in [6.07, 6.45) is 3.02. The van der Waals surface area contributed by atoms with Crippen LogP contribution in [-0.2, 0) is 25.1 Å². The highest BCUT2D eigenvalue weighted by Gasteiger charge is 2.42. The number of carbonyl (C=O) groups is 1. The van der Waals surface area contributed by atoms with Gasteiger partial charge in [0.2, 0.25) is 10.0 Å². The van der Waals surface area contributed by atoms with E-state index in [0.717, 1.165) is 39.9 Å². The Morgan fingerprint density at radius 3 is 2.62 bits per heavy atom. The average Bonchev–Trinajstić information content (AvgIpc) is 3.41. The molecule has 1 atom stereocenters. The minimum atomic E-state index is -3.70. The molecule has 10 nitrogen and oxygen atoms in total. The number of rotatable bonds is 9. The first-order valence-corrected chi connectivity index (χ1v) is 12.1. The molecular weight excluding hydrogens is 432 g/mol. The molecule has 1 N–H and O–H groups in total. The molecule has 1 aromatic heterocycles. The van der Waals surface area contributed by atoms with Gasteiger partial charge in [0.1, 0.15) is 6.54 Å². The number of esters is 1. The molecule has 1 unspecified atom stereocenters. The second kappa shape index (κ2) is 8.57. The number of ether oxygens (including phenoxy) is 1. The standard InChI is InChI=1S/C21H26N6O4S/c1-21(22-17-9-10-17,14-26(32(3,29)30)13-19(28)31-2)20-23-24-25-27(20)18-11-8-15-6-4-5-7-16(15)12-18/h4-8,11-12,17,22H,9-10,13-14H2,1-3H3. The van der Waals surface area contributed by atoms with Gasteiger partial charge in [0.25, 0.3) is 0 Å². The van der Waals surface area contributed by atoms with E-state index in [4.69, 9.17) is 4.74 Å². The normalized spacial score (nSPS) is 16.2. The third-order valence-electron chi connectivity index (χ3n) is 5.54. The summed E-state index contributed by atoms with van der Waals surface area (Å²) in [6, 6.07) is 14.1. The first kappa shape index (κ1) is 22.3. The van der Waals surface area contributed by atoms with Gasteiger partial charge < -0.3 is 10.1 Å². The lowest BCUT2D eigenvalue weighted by Gasteiger charge is -2.34. The second-order valence-electron chi connectivity index (χ2n) is 8.30. The lowest BCUT2D eigenvalue weighted by atomic mass is 10.00. The molecule has 4 rings (SSSR count). The summed E-state index contributed by atoms with van der Waals surface area (Å²) in [5, 5.41) is 17.9. The third kappa shape index (κ3) is 4.79. The van der Waals surface area contributed by atoms with Gasteiger partial charge in [0.05, 0.1) is 24.6 Å². The monoisotopic (exact) mass is 458 g/mol. The highest BCUT2D eigenvalue weighted by molar-refractivity contribution is 7.88. The summed E-state index contributed by atoms with van der Waals surface area (Å²) in [5.41, 5.74) is -0.195. The predicted octanol–water partition coefficient (Wildman–Crippen LogP) is 1.22. The fraction of sp³-hybridized carbons (Fsp3) is 0.429. The molecule has 0 bridgehead atoms. The summed E-state index contributed by atoms with van der Waals surface area (Å²) >= 11 is 0. The molecule has 3 aromatic rings. The van der Waals surface area contributed by atoms with Crippen LogP contribution in [0.25, 0.3) is 16.5 Å². The van der Waals surface area contributed by atoms with E-state index in [9.17, 15) is 13.2 Å². The number of sulfonamides is 1. The quantitative estimate of drug-likeness (QED) is 0.476. The highest BCUT2D eigenvalue weighted by atomic mass is 32.2. The van der Waals surface area contributed by atoms with Crippen LogP contribution in [0.3, 0.4) is 0 Å². The van der Waals surface area contributed by atoms with E-state index in [1.807, 2.05) is 49.4 Å². The molecule has 1 aliphatic rings. The highest BCUT2D eigenvalue weighted by Crippen LogP contribution is 2.30. The number of nitrogens with one attached hydrogen (secondary N) is 1. The van der Waals surface area contributed by atoms with E-state index < -0.39 is 28.1 Å². The number of nitrogens with zero attached hydrogens (tertiary/aromatic N) is 5. The fourth-order valence-electron chi connectivity index (χ4n) is 3.72. The van der Waals surface area contributed by atoms with Gasteiger partial charge in [0, 0.05) is 12.6 Å². The molecular formula is C21H26N6O4S. The van der Waals surface area contributed by atoms with Crippen LogP contribution in [0.1, 0.15) is 25.6 Å². The van der Waals surface area contributed by atoms with Gasteiger partial charge in [-0.1, -0.05) is 30.3 Å². The zero-order valence-corrected chi connectivity index (χ0v) is 19.0. The molecule has 0 saturated heterocycles. The van der Waals surface area contributed by atoms with Crippen molar-refractivity contribution in [3.05, 3.63) is 48.3 Å². The third-order valence-corrected chi connectivity index (χ3v) is 6.73. The van der Waals surface area contributed by atoms with Crippen LogP contribution in [0.2, 0.25) is 0 Å². The van der Waals surface area contributed by atoms with Crippen LogP contribution in [0.5, 0.6) is 0 Å². The van der Waals surface area contributed by atoms with Gasteiger partial charge in [-0.3, -0.25) is 4.79 Å². The number of fused-ring (bicyclic) bond motifs is 1. The Bertz CT molecular complexity index is 1240. The van der Waals surface area contributed by atoms with Crippen LogP contribution < -0.4 is 5.32 Å². The van der Waals surface area contributed by atoms with Crippen LogP contribution in [0.15, 0.2) is 42.5 Å².